The monoisotopic (exact) mass is 507 g/mol. The molecule has 3 aromatic rings. The van der Waals surface area contributed by atoms with E-state index in [0.717, 1.165) is 87.0 Å². The van der Waals surface area contributed by atoms with Crippen molar-refractivity contribution in [1.82, 2.24) is 9.88 Å². The molecule has 4 heterocycles. The first-order valence-electron chi connectivity index (χ1n) is 12.3. The van der Waals surface area contributed by atoms with Crippen molar-refractivity contribution in [3.63, 3.8) is 0 Å². The minimum atomic E-state index is -0.182. The van der Waals surface area contributed by atoms with Crippen LogP contribution in [0.5, 0.6) is 11.5 Å². The van der Waals surface area contributed by atoms with E-state index < -0.39 is 0 Å². The van der Waals surface area contributed by atoms with Gasteiger partial charge in [-0.15, -0.1) is 11.3 Å². The molecule has 36 heavy (non-hydrogen) atoms. The molecule has 0 unspecified atom stereocenters. The molecule has 3 aliphatic rings. The molecule has 188 valence electrons. The lowest BCUT2D eigenvalue weighted by Crippen LogP contribution is -2.46. The Labute approximate surface area is 214 Å². The van der Waals surface area contributed by atoms with Crippen molar-refractivity contribution in [2.24, 2.45) is 0 Å². The average molecular weight is 508 g/mol. The van der Waals surface area contributed by atoms with E-state index in [1.807, 2.05) is 35.7 Å². The van der Waals surface area contributed by atoms with Gasteiger partial charge in [-0.2, -0.15) is 0 Å². The number of rotatable bonds is 6. The van der Waals surface area contributed by atoms with Crippen molar-refractivity contribution in [3.05, 3.63) is 59.1 Å². The SMILES string of the molecule is O=C(Nc1ccc(N2CCOCC2)cc1)c1csc(N2CCN(Cc3ccc4c(c3)OCO4)CC2)n1. The molecule has 1 amide bonds. The van der Waals surface area contributed by atoms with Gasteiger partial charge in [0, 0.05) is 62.6 Å². The van der Waals surface area contributed by atoms with Crippen LogP contribution in [0.1, 0.15) is 16.1 Å². The largest absolute Gasteiger partial charge is 0.454 e. The topological polar surface area (TPSA) is 79.4 Å². The predicted molar refractivity (Wildman–Crippen MR) is 140 cm³/mol. The Hall–Kier alpha value is -3.34. The number of carbonyl (C=O) groups is 1. The van der Waals surface area contributed by atoms with Crippen LogP contribution in [-0.4, -0.2) is 75.1 Å². The number of nitrogens with zero attached hydrogens (tertiary/aromatic N) is 4. The number of hydrogen-bond donors (Lipinski definition) is 1. The number of amides is 1. The van der Waals surface area contributed by atoms with Gasteiger partial charge in [0.25, 0.3) is 5.91 Å². The van der Waals surface area contributed by atoms with E-state index in [0.29, 0.717) is 12.5 Å². The van der Waals surface area contributed by atoms with Crippen LogP contribution < -0.4 is 24.6 Å². The van der Waals surface area contributed by atoms with Gasteiger partial charge in [-0.05, 0) is 42.0 Å². The summed E-state index contributed by atoms with van der Waals surface area (Å²) in [7, 11) is 0. The van der Waals surface area contributed by atoms with Crippen LogP contribution in [0.15, 0.2) is 47.8 Å². The second-order valence-corrected chi connectivity index (χ2v) is 9.90. The molecule has 9 nitrogen and oxygen atoms in total. The first kappa shape index (κ1) is 23.1. The summed E-state index contributed by atoms with van der Waals surface area (Å²) in [6.07, 6.45) is 0. The summed E-state index contributed by atoms with van der Waals surface area (Å²) in [5.74, 6) is 1.46. The number of morpholine rings is 1. The van der Waals surface area contributed by atoms with Crippen molar-refractivity contribution in [2.45, 2.75) is 6.54 Å². The highest BCUT2D eigenvalue weighted by Gasteiger charge is 2.22. The van der Waals surface area contributed by atoms with Crippen LogP contribution in [0.3, 0.4) is 0 Å². The van der Waals surface area contributed by atoms with E-state index in [9.17, 15) is 4.79 Å². The summed E-state index contributed by atoms with van der Waals surface area (Å²) in [6.45, 7) is 8.08. The number of aromatic nitrogens is 1. The molecule has 1 aromatic heterocycles. The lowest BCUT2D eigenvalue weighted by atomic mass is 10.1. The molecule has 0 radical (unpaired) electrons. The van der Waals surface area contributed by atoms with Gasteiger partial charge in [-0.25, -0.2) is 4.98 Å². The van der Waals surface area contributed by atoms with E-state index in [2.05, 4.69) is 37.1 Å². The van der Waals surface area contributed by atoms with Crippen molar-refractivity contribution in [1.29, 1.82) is 0 Å². The van der Waals surface area contributed by atoms with Crippen LogP contribution in [0, 0.1) is 0 Å². The van der Waals surface area contributed by atoms with E-state index in [1.54, 1.807) is 0 Å². The zero-order chi connectivity index (χ0) is 24.3. The summed E-state index contributed by atoms with van der Waals surface area (Å²) in [4.78, 5) is 24.4. The number of ether oxygens (including phenoxy) is 3. The third-order valence-corrected chi connectivity index (χ3v) is 7.61. The Morgan fingerprint density at radius 1 is 0.917 bits per heavy atom. The summed E-state index contributed by atoms with van der Waals surface area (Å²) in [6, 6.07) is 14.1. The predicted octanol–water partition coefficient (Wildman–Crippen LogP) is 3.28. The fourth-order valence-corrected chi connectivity index (χ4v) is 5.54. The second kappa shape index (κ2) is 10.3. The Bertz CT molecular complexity index is 1200. The summed E-state index contributed by atoms with van der Waals surface area (Å²) in [5.41, 5.74) is 3.59. The molecule has 3 aliphatic heterocycles. The van der Waals surface area contributed by atoms with Crippen molar-refractivity contribution in [2.75, 3.05) is 74.4 Å². The van der Waals surface area contributed by atoms with Crippen LogP contribution in [0.2, 0.25) is 0 Å². The van der Waals surface area contributed by atoms with Gasteiger partial charge in [0.2, 0.25) is 6.79 Å². The lowest BCUT2D eigenvalue weighted by Gasteiger charge is -2.34. The smallest absolute Gasteiger partial charge is 0.275 e. The summed E-state index contributed by atoms with van der Waals surface area (Å²) in [5, 5.41) is 5.71. The van der Waals surface area contributed by atoms with E-state index in [4.69, 9.17) is 14.2 Å². The minimum Gasteiger partial charge on any atom is -0.454 e. The summed E-state index contributed by atoms with van der Waals surface area (Å²) < 4.78 is 16.3. The molecule has 6 rings (SSSR count). The van der Waals surface area contributed by atoms with Crippen molar-refractivity contribution in [3.8, 4) is 11.5 Å². The van der Waals surface area contributed by atoms with Gasteiger partial charge >= 0.3 is 0 Å². The maximum absolute atomic E-state index is 12.8. The zero-order valence-electron chi connectivity index (χ0n) is 20.0. The molecule has 0 aliphatic carbocycles. The second-order valence-electron chi connectivity index (χ2n) is 9.07. The van der Waals surface area contributed by atoms with Crippen LogP contribution >= 0.6 is 11.3 Å². The third-order valence-electron chi connectivity index (χ3n) is 6.71. The number of piperazine rings is 1. The average Bonchev–Trinajstić information content (AvgIpc) is 3.60. The number of hydrogen-bond acceptors (Lipinski definition) is 9. The highest BCUT2D eigenvalue weighted by molar-refractivity contribution is 7.14. The number of carbonyl (C=O) groups excluding carboxylic acids is 1. The lowest BCUT2D eigenvalue weighted by molar-refractivity contribution is 0.102. The van der Waals surface area contributed by atoms with E-state index in [-0.39, 0.29) is 5.91 Å². The molecule has 2 saturated heterocycles. The molecule has 0 bridgehead atoms. The molecular formula is C26H29N5O4S. The highest BCUT2D eigenvalue weighted by Crippen LogP contribution is 2.33. The summed E-state index contributed by atoms with van der Waals surface area (Å²) >= 11 is 1.52. The fraction of sp³-hybridized carbons (Fsp3) is 0.385. The van der Waals surface area contributed by atoms with Gasteiger partial charge in [0.15, 0.2) is 16.6 Å². The molecule has 2 fully saturated rings. The van der Waals surface area contributed by atoms with Gasteiger partial charge < -0.3 is 29.3 Å². The standard InChI is InChI=1S/C26H29N5O4S/c32-25(27-20-2-4-21(5-3-20)30-11-13-33-14-12-30)22-17-36-26(28-22)31-9-7-29(8-10-31)16-19-1-6-23-24(15-19)35-18-34-23/h1-6,15,17H,7-14,16,18H2,(H,27,32). The van der Waals surface area contributed by atoms with Gasteiger partial charge in [-0.3, -0.25) is 9.69 Å². The zero-order valence-corrected chi connectivity index (χ0v) is 20.8. The van der Waals surface area contributed by atoms with Gasteiger partial charge in [0.05, 0.1) is 13.2 Å². The molecule has 0 saturated carbocycles. The number of fused-ring (bicyclic) bond motifs is 1. The Kier molecular flexibility index (Phi) is 6.63. The first-order valence-corrected chi connectivity index (χ1v) is 13.1. The molecule has 0 spiro atoms. The number of thiazole rings is 1. The molecule has 2 aromatic carbocycles. The number of anilines is 3. The van der Waals surface area contributed by atoms with Crippen LogP contribution in [-0.2, 0) is 11.3 Å². The third kappa shape index (κ3) is 5.11. The first-order chi connectivity index (χ1) is 17.7. The minimum absolute atomic E-state index is 0.182. The van der Waals surface area contributed by atoms with E-state index in [1.165, 1.54) is 16.9 Å². The maximum atomic E-state index is 12.8. The Morgan fingerprint density at radius 3 is 2.50 bits per heavy atom. The normalized spacial score (nSPS) is 17.9. The van der Waals surface area contributed by atoms with Crippen LogP contribution in [0.25, 0.3) is 0 Å². The molecule has 1 N–H and O–H groups in total. The molecule has 0 atom stereocenters. The quantitative estimate of drug-likeness (QED) is 0.545. The maximum Gasteiger partial charge on any atom is 0.275 e. The van der Waals surface area contributed by atoms with Crippen molar-refractivity contribution >= 4 is 33.8 Å². The highest BCUT2D eigenvalue weighted by atomic mass is 32.1. The molecule has 10 heteroatoms. The number of benzene rings is 2. The Morgan fingerprint density at radius 2 is 1.69 bits per heavy atom. The van der Waals surface area contributed by atoms with Crippen LogP contribution in [0.4, 0.5) is 16.5 Å². The molecular weight excluding hydrogens is 478 g/mol. The van der Waals surface area contributed by atoms with Gasteiger partial charge in [0.1, 0.15) is 5.69 Å². The number of nitrogens with one attached hydrogen (secondary N) is 1. The Balaban J connectivity index is 1.01. The van der Waals surface area contributed by atoms with Gasteiger partial charge in [-0.1, -0.05) is 6.07 Å². The van der Waals surface area contributed by atoms with Crippen molar-refractivity contribution < 1.29 is 19.0 Å². The fourth-order valence-electron chi connectivity index (χ4n) is 4.68. The van der Waals surface area contributed by atoms with E-state index >= 15 is 0 Å².